The molecule has 0 aromatic carbocycles. The predicted molar refractivity (Wildman–Crippen MR) is 57.8 cm³/mol. The predicted octanol–water partition coefficient (Wildman–Crippen LogP) is 3.82. The highest BCUT2D eigenvalue weighted by Crippen LogP contribution is 2.18. The average molecular weight is 184 g/mol. The van der Waals surface area contributed by atoms with Crippen LogP contribution in [0, 0.1) is 11.8 Å². The molecule has 1 heteroatoms. The van der Waals surface area contributed by atoms with E-state index in [1.807, 2.05) is 13.8 Å². The van der Waals surface area contributed by atoms with Crippen LogP contribution in [0.25, 0.3) is 0 Å². The first kappa shape index (κ1) is 12.7. The number of unbranched alkanes of at least 4 members (excludes halogenated alkanes) is 1. The van der Waals surface area contributed by atoms with Gasteiger partial charge in [-0.15, -0.1) is 0 Å². The van der Waals surface area contributed by atoms with Gasteiger partial charge in [0.15, 0.2) is 0 Å². The average Bonchev–Trinajstić information content (AvgIpc) is 2.11. The normalized spacial score (nSPS) is 13.3. The summed E-state index contributed by atoms with van der Waals surface area (Å²) in [4.78, 5) is 11.5. The summed E-state index contributed by atoms with van der Waals surface area (Å²) in [7, 11) is 0. The van der Waals surface area contributed by atoms with Gasteiger partial charge in [0.2, 0.25) is 0 Å². The molecule has 0 fully saturated rings. The van der Waals surface area contributed by atoms with Gasteiger partial charge in [0.25, 0.3) is 0 Å². The van der Waals surface area contributed by atoms with Crippen molar-refractivity contribution in [1.82, 2.24) is 0 Å². The monoisotopic (exact) mass is 184 g/mol. The Hall–Kier alpha value is -0.330. The molecule has 1 unspecified atom stereocenters. The molecule has 1 nitrogen and oxygen atoms in total. The summed E-state index contributed by atoms with van der Waals surface area (Å²) in [6, 6.07) is 0. The highest BCUT2D eigenvalue weighted by atomic mass is 16.1. The van der Waals surface area contributed by atoms with Gasteiger partial charge in [-0.2, -0.15) is 0 Å². The van der Waals surface area contributed by atoms with Crippen molar-refractivity contribution < 1.29 is 4.79 Å². The first-order valence-corrected chi connectivity index (χ1v) is 5.64. The number of Topliss-reactive ketones (excluding diaryl/α,β-unsaturated/α-hetero) is 1. The minimum atomic E-state index is 0.218. The molecule has 0 N–H and O–H groups in total. The number of carbonyl (C=O) groups is 1. The minimum absolute atomic E-state index is 0.218. The van der Waals surface area contributed by atoms with E-state index in [-0.39, 0.29) is 5.92 Å². The highest BCUT2D eigenvalue weighted by Gasteiger charge is 2.13. The van der Waals surface area contributed by atoms with Crippen molar-refractivity contribution in [3.8, 4) is 0 Å². The summed E-state index contributed by atoms with van der Waals surface area (Å²) in [5.41, 5.74) is 0. The van der Waals surface area contributed by atoms with E-state index in [9.17, 15) is 4.79 Å². The lowest BCUT2D eigenvalue weighted by atomic mass is 9.90. The molecule has 0 rings (SSSR count). The zero-order valence-electron chi connectivity index (χ0n) is 9.60. The van der Waals surface area contributed by atoms with Crippen molar-refractivity contribution >= 4 is 5.78 Å². The molecule has 1 atom stereocenters. The Balaban J connectivity index is 3.76. The van der Waals surface area contributed by atoms with Crippen LogP contribution in [-0.4, -0.2) is 5.78 Å². The Kier molecular flexibility index (Phi) is 6.93. The van der Waals surface area contributed by atoms with E-state index in [0.29, 0.717) is 11.7 Å². The fourth-order valence-electron chi connectivity index (χ4n) is 1.46. The maximum Gasteiger partial charge on any atom is 0.135 e. The summed E-state index contributed by atoms with van der Waals surface area (Å²) < 4.78 is 0. The topological polar surface area (TPSA) is 17.1 Å². The molecule has 0 aromatic rings. The quantitative estimate of drug-likeness (QED) is 0.588. The summed E-state index contributed by atoms with van der Waals surface area (Å²) in [6.45, 7) is 8.38. The van der Waals surface area contributed by atoms with Gasteiger partial charge in [0.05, 0.1) is 0 Å². The maximum absolute atomic E-state index is 11.5. The molecule has 0 aliphatic heterocycles. The number of ketones is 1. The van der Waals surface area contributed by atoms with Crippen molar-refractivity contribution in [2.75, 3.05) is 0 Å². The van der Waals surface area contributed by atoms with E-state index in [4.69, 9.17) is 0 Å². The first-order chi connectivity index (χ1) is 6.11. The molecule has 0 bridgehead atoms. The molecular formula is C12H24O. The molecule has 0 aliphatic carbocycles. The summed E-state index contributed by atoms with van der Waals surface area (Å²) in [5, 5.41) is 0. The Labute approximate surface area is 82.9 Å². The molecule has 78 valence electrons. The van der Waals surface area contributed by atoms with Crippen LogP contribution in [0.3, 0.4) is 0 Å². The van der Waals surface area contributed by atoms with Gasteiger partial charge < -0.3 is 0 Å². The Morgan fingerprint density at radius 2 is 1.85 bits per heavy atom. The number of rotatable bonds is 7. The van der Waals surface area contributed by atoms with Gasteiger partial charge in [0, 0.05) is 12.3 Å². The van der Waals surface area contributed by atoms with E-state index in [1.165, 1.54) is 19.3 Å². The van der Waals surface area contributed by atoms with Crippen molar-refractivity contribution in [3.05, 3.63) is 0 Å². The summed E-state index contributed by atoms with van der Waals surface area (Å²) in [6.07, 6.45) is 5.69. The van der Waals surface area contributed by atoms with E-state index >= 15 is 0 Å². The molecule has 0 amide bonds. The van der Waals surface area contributed by atoms with E-state index in [0.717, 1.165) is 12.8 Å². The third-order valence-electron chi connectivity index (χ3n) is 2.68. The molecule has 0 saturated heterocycles. The zero-order chi connectivity index (χ0) is 10.3. The van der Waals surface area contributed by atoms with Crippen molar-refractivity contribution in [3.63, 3.8) is 0 Å². The largest absolute Gasteiger partial charge is 0.299 e. The number of hydrogen-bond acceptors (Lipinski definition) is 1. The molecule has 0 aliphatic rings. The van der Waals surface area contributed by atoms with Gasteiger partial charge >= 0.3 is 0 Å². The Morgan fingerprint density at radius 1 is 1.23 bits per heavy atom. The van der Waals surface area contributed by atoms with Crippen molar-refractivity contribution in [2.45, 2.75) is 59.8 Å². The van der Waals surface area contributed by atoms with E-state index in [2.05, 4.69) is 13.8 Å². The molecule has 13 heavy (non-hydrogen) atoms. The molecule has 0 aromatic heterocycles. The van der Waals surface area contributed by atoms with Gasteiger partial charge in [0.1, 0.15) is 5.78 Å². The summed E-state index contributed by atoms with van der Waals surface area (Å²) in [5.74, 6) is 1.29. The third kappa shape index (κ3) is 5.84. The van der Waals surface area contributed by atoms with Crippen molar-refractivity contribution in [1.29, 1.82) is 0 Å². The van der Waals surface area contributed by atoms with Crippen LogP contribution in [0.4, 0.5) is 0 Å². The van der Waals surface area contributed by atoms with Crippen LogP contribution in [0.1, 0.15) is 59.8 Å². The van der Waals surface area contributed by atoms with Gasteiger partial charge in [-0.3, -0.25) is 4.79 Å². The lowest BCUT2D eigenvalue weighted by Crippen LogP contribution is -2.13. The fourth-order valence-corrected chi connectivity index (χ4v) is 1.46. The second-order valence-corrected chi connectivity index (χ2v) is 4.24. The molecular weight excluding hydrogens is 160 g/mol. The molecule has 0 saturated carbocycles. The maximum atomic E-state index is 11.5. The highest BCUT2D eigenvalue weighted by molar-refractivity contribution is 5.80. The lowest BCUT2D eigenvalue weighted by molar-refractivity contribution is -0.122. The van der Waals surface area contributed by atoms with Gasteiger partial charge in [-0.1, -0.05) is 53.4 Å². The number of carbonyl (C=O) groups excluding carboxylic acids is 1. The minimum Gasteiger partial charge on any atom is -0.299 e. The third-order valence-corrected chi connectivity index (χ3v) is 2.68. The molecule has 0 radical (unpaired) electrons. The van der Waals surface area contributed by atoms with Crippen LogP contribution in [0.5, 0.6) is 0 Å². The van der Waals surface area contributed by atoms with Crippen LogP contribution < -0.4 is 0 Å². The fraction of sp³-hybridized carbons (Fsp3) is 0.917. The first-order valence-electron chi connectivity index (χ1n) is 5.64. The molecule has 0 heterocycles. The van der Waals surface area contributed by atoms with Crippen molar-refractivity contribution in [2.24, 2.45) is 11.8 Å². The van der Waals surface area contributed by atoms with Crippen LogP contribution in [-0.2, 0) is 4.79 Å². The lowest BCUT2D eigenvalue weighted by Gasteiger charge is -2.14. The second kappa shape index (κ2) is 7.11. The van der Waals surface area contributed by atoms with Crippen LogP contribution >= 0.6 is 0 Å². The van der Waals surface area contributed by atoms with Crippen LogP contribution in [0.2, 0.25) is 0 Å². The van der Waals surface area contributed by atoms with E-state index < -0.39 is 0 Å². The summed E-state index contributed by atoms with van der Waals surface area (Å²) >= 11 is 0. The van der Waals surface area contributed by atoms with E-state index in [1.54, 1.807) is 0 Å². The molecule has 0 spiro atoms. The zero-order valence-corrected chi connectivity index (χ0v) is 9.60. The SMILES string of the molecule is CCCCC(CC)CC(=O)C(C)C. The van der Waals surface area contributed by atoms with Crippen LogP contribution in [0.15, 0.2) is 0 Å². The number of hydrogen-bond donors (Lipinski definition) is 0. The van der Waals surface area contributed by atoms with Gasteiger partial charge in [-0.05, 0) is 5.92 Å². The Bertz CT molecular complexity index is 138. The van der Waals surface area contributed by atoms with Gasteiger partial charge in [-0.25, -0.2) is 0 Å². The standard InChI is InChI=1S/C12H24O/c1-5-7-8-11(6-2)9-12(13)10(3)4/h10-11H,5-9H2,1-4H3. The smallest absolute Gasteiger partial charge is 0.135 e. The Morgan fingerprint density at radius 3 is 2.23 bits per heavy atom. The second-order valence-electron chi connectivity index (χ2n) is 4.24.